The van der Waals surface area contributed by atoms with E-state index in [1.54, 1.807) is 0 Å². The number of nitrogens with zero attached hydrogens (tertiary/aromatic N) is 2. The van der Waals surface area contributed by atoms with Gasteiger partial charge in [0.25, 0.3) is 0 Å². The Bertz CT molecular complexity index is 1490. The van der Waals surface area contributed by atoms with Crippen LogP contribution >= 0.6 is 0 Å². The largest absolute Gasteiger partial charge is 0.438 e. The van der Waals surface area contributed by atoms with E-state index in [-0.39, 0.29) is 5.92 Å². The van der Waals surface area contributed by atoms with Crippen LogP contribution in [0.15, 0.2) is 91.0 Å². The smallest absolute Gasteiger partial charge is 0.228 e. The highest BCUT2D eigenvalue weighted by Gasteiger charge is 2.34. The third kappa shape index (κ3) is 3.31. The molecule has 6 rings (SSSR count). The molecule has 0 saturated heterocycles. The predicted octanol–water partition coefficient (Wildman–Crippen LogP) is 7.28. The molecule has 1 atom stereocenters. The van der Waals surface area contributed by atoms with E-state index in [1.807, 2.05) is 25.1 Å². The minimum absolute atomic E-state index is 0.0540. The number of rotatable bonds is 3. The van der Waals surface area contributed by atoms with Gasteiger partial charge in [0.15, 0.2) is 0 Å². The first-order chi connectivity index (χ1) is 16.2. The molecule has 160 valence electrons. The van der Waals surface area contributed by atoms with Gasteiger partial charge < -0.3 is 10.1 Å². The molecular weight excluding hydrogens is 406 g/mol. The van der Waals surface area contributed by atoms with Crippen LogP contribution in [0.2, 0.25) is 0 Å². The number of ether oxygens (including phenoxy) is 1. The Morgan fingerprint density at radius 2 is 1.52 bits per heavy atom. The van der Waals surface area contributed by atoms with Gasteiger partial charge in [-0.3, -0.25) is 0 Å². The Hall–Kier alpha value is -4.18. The lowest BCUT2D eigenvalue weighted by Gasteiger charge is -2.30. The van der Waals surface area contributed by atoms with Crippen LogP contribution in [0.1, 0.15) is 34.0 Å². The van der Waals surface area contributed by atoms with Crippen molar-refractivity contribution in [3.63, 3.8) is 0 Å². The third-order valence-corrected chi connectivity index (χ3v) is 6.26. The zero-order chi connectivity index (χ0) is 22.4. The molecule has 4 heteroatoms. The Morgan fingerprint density at radius 3 is 2.36 bits per heavy atom. The fourth-order valence-electron chi connectivity index (χ4n) is 4.67. The summed E-state index contributed by atoms with van der Waals surface area (Å²) in [4.78, 5) is 9.58. The Labute approximate surface area is 192 Å². The van der Waals surface area contributed by atoms with E-state index < -0.39 is 0 Å². The van der Waals surface area contributed by atoms with Gasteiger partial charge in [-0.1, -0.05) is 84.9 Å². The monoisotopic (exact) mass is 429 g/mol. The van der Waals surface area contributed by atoms with Gasteiger partial charge in [-0.15, -0.1) is 0 Å². The highest BCUT2D eigenvalue weighted by Crippen LogP contribution is 2.51. The van der Waals surface area contributed by atoms with Crippen molar-refractivity contribution in [2.24, 2.45) is 0 Å². The zero-order valence-electron chi connectivity index (χ0n) is 18.5. The lowest BCUT2D eigenvalue weighted by molar-refractivity contribution is 0.436. The van der Waals surface area contributed by atoms with Crippen LogP contribution in [0.25, 0.3) is 10.8 Å². The van der Waals surface area contributed by atoms with Gasteiger partial charge in [-0.05, 0) is 36.4 Å². The first-order valence-corrected chi connectivity index (χ1v) is 11.1. The normalized spacial score (nSPS) is 14.3. The average molecular weight is 430 g/mol. The maximum absolute atomic E-state index is 6.54. The summed E-state index contributed by atoms with van der Waals surface area (Å²) in [5.74, 6) is 2.87. The van der Waals surface area contributed by atoms with Crippen LogP contribution in [0.4, 0.5) is 11.5 Å². The lowest BCUT2D eigenvalue weighted by Crippen LogP contribution is -2.17. The van der Waals surface area contributed by atoms with Crippen molar-refractivity contribution in [1.29, 1.82) is 0 Å². The van der Waals surface area contributed by atoms with Crippen LogP contribution < -0.4 is 10.1 Å². The fourth-order valence-corrected chi connectivity index (χ4v) is 4.67. The van der Waals surface area contributed by atoms with E-state index in [0.29, 0.717) is 11.7 Å². The molecule has 0 fully saturated rings. The van der Waals surface area contributed by atoms with E-state index in [9.17, 15) is 0 Å². The molecule has 0 spiro atoms. The minimum Gasteiger partial charge on any atom is -0.438 e. The van der Waals surface area contributed by atoms with E-state index in [1.165, 1.54) is 5.56 Å². The minimum atomic E-state index is -0.0540. The van der Waals surface area contributed by atoms with Crippen LogP contribution in [0.3, 0.4) is 0 Å². The number of fused-ring (bicyclic) bond motifs is 4. The van der Waals surface area contributed by atoms with Crippen molar-refractivity contribution < 1.29 is 4.74 Å². The average Bonchev–Trinajstić information content (AvgIpc) is 2.84. The second-order valence-corrected chi connectivity index (χ2v) is 8.43. The summed E-state index contributed by atoms with van der Waals surface area (Å²) in [5, 5.41) is 5.82. The van der Waals surface area contributed by atoms with Crippen LogP contribution in [-0.2, 0) is 0 Å². The van der Waals surface area contributed by atoms with Crippen molar-refractivity contribution in [2.75, 3.05) is 5.32 Å². The number of anilines is 2. The molecule has 0 saturated carbocycles. The summed E-state index contributed by atoms with van der Waals surface area (Å²) >= 11 is 0. The molecule has 1 aliphatic heterocycles. The van der Waals surface area contributed by atoms with Gasteiger partial charge in [0.2, 0.25) is 5.88 Å². The highest BCUT2D eigenvalue weighted by molar-refractivity contribution is 5.91. The standard InChI is InChI=1S/C29H23N3O/c1-18-10-6-9-15-24(18)32-28-26-25(21-12-4-3-5-13-21)23-17-16-20-11-7-8-14-22(20)27(23)33-29(26)31-19(2)30-28/h3-17,25H,1-2H3,(H,30,31,32). The van der Waals surface area contributed by atoms with Gasteiger partial charge in [0, 0.05) is 22.6 Å². The Kier molecular flexibility index (Phi) is 4.58. The van der Waals surface area contributed by atoms with Crippen molar-refractivity contribution in [1.82, 2.24) is 9.97 Å². The third-order valence-electron chi connectivity index (χ3n) is 6.26. The molecule has 1 aliphatic rings. The quantitative estimate of drug-likeness (QED) is 0.321. The van der Waals surface area contributed by atoms with E-state index in [0.717, 1.165) is 44.7 Å². The second-order valence-electron chi connectivity index (χ2n) is 8.43. The molecule has 1 N–H and O–H groups in total. The number of aryl methyl sites for hydroxylation is 2. The number of nitrogens with one attached hydrogen (secondary N) is 1. The molecule has 0 amide bonds. The van der Waals surface area contributed by atoms with Gasteiger partial charge >= 0.3 is 0 Å². The number of para-hydroxylation sites is 1. The maximum Gasteiger partial charge on any atom is 0.228 e. The van der Waals surface area contributed by atoms with Gasteiger partial charge in [0.1, 0.15) is 17.4 Å². The molecule has 0 radical (unpaired) electrons. The van der Waals surface area contributed by atoms with Crippen molar-refractivity contribution >= 4 is 22.3 Å². The molecular formula is C29H23N3O. The van der Waals surface area contributed by atoms with Gasteiger partial charge in [-0.2, -0.15) is 4.98 Å². The number of benzene rings is 4. The van der Waals surface area contributed by atoms with E-state index in [4.69, 9.17) is 14.7 Å². The summed E-state index contributed by atoms with van der Waals surface area (Å²) in [6.07, 6.45) is 0. The summed E-state index contributed by atoms with van der Waals surface area (Å²) < 4.78 is 6.54. The number of hydrogen-bond donors (Lipinski definition) is 1. The lowest BCUT2D eigenvalue weighted by atomic mass is 9.82. The highest BCUT2D eigenvalue weighted by atomic mass is 16.5. The van der Waals surface area contributed by atoms with E-state index in [2.05, 4.69) is 85.0 Å². The first kappa shape index (κ1) is 19.5. The molecule has 5 aromatic rings. The van der Waals surface area contributed by atoms with Gasteiger partial charge in [-0.25, -0.2) is 4.98 Å². The molecule has 33 heavy (non-hydrogen) atoms. The molecule has 1 unspecified atom stereocenters. The maximum atomic E-state index is 6.54. The number of aromatic nitrogens is 2. The van der Waals surface area contributed by atoms with Gasteiger partial charge in [0.05, 0.1) is 5.56 Å². The predicted molar refractivity (Wildman–Crippen MR) is 133 cm³/mol. The second kappa shape index (κ2) is 7.75. The van der Waals surface area contributed by atoms with Crippen molar-refractivity contribution in [3.05, 3.63) is 119 Å². The summed E-state index contributed by atoms with van der Waals surface area (Å²) in [6.45, 7) is 4.00. The summed E-state index contributed by atoms with van der Waals surface area (Å²) in [5.41, 5.74) is 5.43. The molecule has 0 aliphatic carbocycles. The van der Waals surface area contributed by atoms with Crippen LogP contribution in [-0.4, -0.2) is 9.97 Å². The van der Waals surface area contributed by atoms with Crippen LogP contribution in [0.5, 0.6) is 11.6 Å². The molecule has 0 bridgehead atoms. The fraction of sp³-hybridized carbons (Fsp3) is 0.103. The SMILES string of the molecule is Cc1nc(Nc2ccccc2C)c2c(n1)Oc1c(ccc3ccccc13)C2c1ccccc1. The first-order valence-electron chi connectivity index (χ1n) is 11.1. The molecule has 2 heterocycles. The zero-order valence-corrected chi connectivity index (χ0v) is 18.5. The number of hydrogen-bond acceptors (Lipinski definition) is 4. The Morgan fingerprint density at radius 1 is 0.758 bits per heavy atom. The van der Waals surface area contributed by atoms with E-state index >= 15 is 0 Å². The van der Waals surface area contributed by atoms with Crippen molar-refractivity contribution in [2.45, 2.75) is 19.8 Å². The summed E-state index contributed by atoms with van der Waals surface area (Å²) in [6, 6.07) is 31.4. The molecule has 1 aromatic heterocycles. The Balaban J connectivity index is 1.62. The van der Waals surface area contributed by atoms with Crippen LogP contribution in [0, 0.1) is 13.8 Å². The topological polar surface area (TPSA) is 47.0 Å². The van der Waals surface area contributed by atoms with Crippen molar-refractivity contribution in [3.8, 4) is 11.6 Å². The molecule has 4 nitrogen and oxygen atoms in total. The molecule has 4 aromatic carbocycles. The summed E-state index contributed by atoms with van der Waals surface area (Å²) in [7, 11) is 0.